The molecule has 22 heavy (non-hydrogen) atoms. The average Bonchev–Trinajstić information content (AvgIpc) is 2.95. The van der Waals surface area contributed by atoms with Gasteiger partial charge in [-0.05, 0) is 43.5 Å². The molecule has 1 aliphatic heterocycles. The van der Waals surface area contributed by atoms with Crippen molar-refractivity contribution >= 4 is 15.5 Å². The van der Waals surface area contributed by atoms with Gasteiger partial charge >= 0.3 is 0 Å². The van der Waals surface area contributed by atoms with Gasteiger partial charge in [0, 0.05) is 30.6 Å². The van der Waals surface area contributed by atoms with Gasteiger partial charge in [-0.15, -0.1) is 0 Å². The van der Waals surface area contributed by atoms with Crippen molar-refractivity contribution in [3.8, 4) is 11.5 Å². The van der Waals surface area contributed by atoms with E-state index in [0.717, 1.165) is 24.9 Å². The van der Waals surface area contributed by atoms with Crippen LogP contribution in [0.25, 0.3) is 11.5 Å². The molecule has 118 valence electrons. The van der Waals surface area contributed by atoms with Gasteiger partial charge in [0.1, 0.15) is 5.75 Å². The van der Waals surface area contributed by atoms with Crippen molar-refractivity contribution in [2.24, 2.45) is 0 Å². The first-order valence-electron chi connectivity index (χ1n) is 7.37. The van der Waals surface area contributed by atoms with E-state index >= 15 is 0 Å². The van der Waals surface area contributed by atoms with Crippen molar-refractivity contribution in [3.63, 3.8) is 0 Å². The summed E-state index contributed by atoms with van der Waals surface area (Å²) in [7, 11) is -3.16. The number of nitrogens with zero attached hydrogens (tertiary/aromatic N) is 3. The highest BCUT2D eigenvalue weighted by Crippen LogP contribution is 2.24. The molecular weight excluding hydrogens is 302 g/mol. The lowest BCUT2D eigenvalue weighted by Crippen LogP contribution is -2.29. The molecule has 2 heterocycles. The minimum absolute atomic E-state index is 0.192. The van der Waals surface area contributed by atoms with Crippen LogP contribution in [0.4, 0.5) is 5.69 Å². The monoisotopic (exact) mass is 321 g/mol. The number of rotatable bonds is 4. The second-order valence-corrected chi connectivity index (χ2v) is 7.82. The van der Waals surface area contributed by atoms with Gasteiger partial charge in [0.15, 0.2) is 15.7 Å². The molecule has 0 unspecified atom stereocenters. The zero-order valence-electron chi connectivity index (χ0n) is 12.5. The molecule has 1 fully saturated rings. The maximum absolute atomic E-state index is 11.2. The quantitative estimate of drug-likeness (QED) is 0.860. The molecule has 0 radical (unpaired) electrons. The SMILES string of the molecule is CS(=O)(=O)Cc1noc(-c2ccc(N3CCCCC3)cc2)n1. The lowest BCUT2D eigenvalue weighted by molar-refractivity contribution is 0.424. The van der Waals surface area contributed by atoms with Crippen LogP contribution in [0.15, 0.2) is 28.8 Å². The maximum atomic E-state index is 11.2. The van der Waals surface area contributed by atoms with E-state index < -0.39 is 9.84 Å². The summed E-state index contributed by atoms with van der Waals surface area (Å²) in [6, 6.07) is 7.95. The zero-order chi connectivity index (χ0) is 15.6. The van der Waals surface area contributed by atoms with Gasteiger partial charge in [-0.1, -0.05) is 5.16 Å². The molecule has 1 aromatic carbocycles. The fourth-order valence-electron chi connectivity index (χ4n) is 2.63. The van der Waals surface area contributed by atoms with E-state index in [1.54, 1.807) is 0 Å². The minimum Gasteiger partial charge on any atom is -0.372 e. The first-order chi connectivity index (χ1) is 10.5. The number of sulfone groups is 1. The fraction of sp³-hybridized carbons (Fsp3) is 0.467. The van der Waals surface area contributed by atoms with E-state index in [-0.39, 0.29) is 11.6 Å². The molecule has 0 N–H and O–H groups in total. The predicted molar refractivity (Wildman–Crippen MR) is 84.3 cm³/mol. The molecule has 0 amide bonds. The van der Waals surface area contributed by atoms with Crippen molar-refractivity contribution in [1.82, 2.24) is 10.1 Å². The minimum atomic E-state index is -3.16. The van der Waals surface area contributed by atoms with Gasteiger partial charge in [0.25, 0.3) is 5.89 Å². The largest absolute Gasteiger partial charge is 0.372 e. The molecule has 0 aliphatic carbocycles. The molecular formula is C15H19N3O3S. The third kappa shape index (κ3) is 3.65. The summed E-state index contributed by atoms with van der Waals surface area (Å²) in [5.74, 6) is 0.337. The first-order valence-corrected chi connectivity index (χ1v) is 9.43. The zero-order valence-corrected chi connectivity index (χ0v) is 13.3. The number of anilines is 1. The molecule has 0 saturated carbocycles. The van der Waals surface area contributed by atoms with Crippen LogP contribution in [0.5, 0.6) is 0 Å². The Hall–Kier alpha value is -1.89. The molecule has 6 nitrogen and oxygen atoms in total. The highest BCUT2D eigenvalue weighted by atomic mass is 32.2. The van der Waals surface area contributed by atoms with E-state index in [9.17, 15) is 8.42 Å². The first kappa shape index (κ1) is 15.0. The highest BCUT2D eigenvalue weighted by Gasteiger charge is 2.15. The van der Waals surface area contributed by atoms with Gasteiger partial charge < -0.3 is 9.42 Å². The number of benzene rings is 1. The summed E-state index contributed by atoms with van der Waals surface area (Å²) >= 11 is 0. The molecule has 7 heteroatoms. The van der Waals surface area contributed by atoms with E-state index in [1.807, 2.05) is 24.3 Å². The predicted octanol–water partition coefficient (Wildman–Crippen LogP) is 2.27. The number of hydrogen-bond acceptors (Lipinski definition) is 6. The molecule has 0 spiro atoms. The molecule has 1 aromatic heterocycles. The van der Waals surface area contributed by atoms with E-state index in [0.29, 0.717) is 5.89 Å². The lowest BCUT2D eigenvalue weighted by atomic mass is 10.1. The average molecular weight is 321 g/mol. The van der Waals surface area contributed by atoms with Crippen LogP contribution in [-0.4, -0.2) is 37.9 Å². The Labute approximate surface area is 130 Å². The van der Waals surface area contributed by atoms with Crippen molar-refractivity contribution in [1.29, 1.82) is 0 Å². The number of piperidine rings is 1. The highest BCUT2D eigenvalue weighted by molar-refractivity contribution is 7.89. The van der Waals surface area contributed by atoms with Crippen LogP contribution in [0.2, 0.25) is 0 Å². The molecule has 2 aromatic rings. The third-order valence-electron chi connectivity index (χ3n) is 3.69. The number of aromatic nitrogens is 2. The molecule has 1 aliphatic rings. The topological polar surface area (TPSA) is 76.3 Å². The Kier molecular flexibility index (Phi) is 4.15. The van der Waals surface area contributed by atoms with Crippen LogP contribution < -0.4 is 4.90 Å². The van der Waals surface area contributed by atoms with Gasteiger partial charge in [-0.2, -0.15) is 4.98 Å². The Bertz CT molecular complexity index is 732. The molecule has 3 rings (SSSR count). The van der Waals surface area contributed by atoms with Crippen LogP contribution >= 0.6 is 0 Å². The Balaban J connectivity index is 1.75. The molecule has 0 atom stereocenters. The van der Waals surface area contributed by atoms with Crippen molar-refractivity contribution in [2.75, 3.05) is 24.2 Å². The Morgan fingerprint density at radius 3 is 2.45 bits per heavy atom. The third-order valence-corrected chi connectivity index (χ3v) is 4.48. The maximum Gasteiger partial charge on any atom is 0.257 e. The summed E-state index contributed by atoms with van der Waals surface area (Å²) in [5.41, 5.74) is 1.99. The second kappa shape index (κ2) is 6.08. The number of hydrogen-bond donors (Lipinski definition) is 0. The van der Waals surface area contributed by atoms with Gasteiger partial charge in [-0.3, -0.25) is 0 Å². The summed E-state index contributed by atoms with van der Waals surface area (Å²) in [4.78, 5) is 6.51. The smallest absolute Gasteiger partial charge is 0.257 e. The van der Waals surface area contributed by atoms with Gasteiger partial charge in [0.05, 0.1) is 0 Å². The summed E-state index contributed by atoms with van der Waals surface area (Å²) in [5, 5.41) is 3.71. The van der Waals surface area contributed by atoms with E-state index in [2.05, 4.69) is 15.0 Å². The summed E-state index contributed by atoms with van der Waals surface area (Å²) < 4.78 is 27.6. The normalized spacial score (nSPS) is 16.0. The lowest BCUT2D eigenvalue weighted by Gasteiger charge is -2.28. The molecule has 1 saturated heterocycles. The molecule has 0 bridgehead atoms. The Morgan fingerprint density at radius 2 is 1.82 bits per heavy atom. The second-order valence-electron chi connectivity index (χ2n) is 5.68. The van der Waals surface area contributed by atoms with Crippen LogP contribution in [0.1, 0.15) is 25.1 Å². The van der Waals surface area contributed by atoms with Gasteiger partial charge in [-0.25, -0.2) is 8.42 Å². The van der Waals surface area contributed by atoms with Crippen molar-refractivity contribution in [3.05, 3.63) is 30.1 Å². The van der Waals surface area contributed by atoms with E-state index in [1.165, 1.54) is 24.9 Å². The summed E-state index contributed by atoms with van der Waals surface area (Å²) in [6.07, 6.45) is 4.93. The standard InChI is InChI=1S/C15H19N3O3S/c1-22(19,20)11-14-16-15(21-17-14)12-5-7-13(8-6-12)18-9-3-2-4-10-18/h5-8H,2-4,9-11H2,1H3. The van der Waals surface area contributed by atoms with Crippen molar-refractivity contribution < 1.29 is 12.9 Å². The Morgan fingerprint density at radius 1 is 1.14 bits per heavy atom. The summed E-state index contributed by atoms with van der Waals surface area (Å²) in [6.45, 7) is 2.19. The fourth-order valence-corrected chi connectivity index (χ4v) is 3.22. The van der Waals surface area contributed by atoms with Crippen LogP contribution in [-0.2, 0) is 15.6 Å². The van der Waals surface area contributed by atoms with Crippen LogP contribution in [0.3, 0.4) is 0 Å². The van der Waals surface area contributed by atoms with Crippen molar-refractivity contribution in [2.45, 2.75) is 25.0 Å². The van der Waals surface area contributed by atoms with Crippen LogP contribution in [0, 0.1) is 0 Å². The van der Waals surface area contributed by atoms with E-state index in [4.69, 9.17) is 4.52 Å². The van der Waals surface area contributed by atoms with Gasteiger partial charge in [0.2, 0.25) is 0 Å².